The van der Waals surface area contributed by atoms with Gasteiger partial charge in [0.2, 0.25) is 0 Å². The third kappa shape index (κ3) is 1.91. The molecule has 0 saturated carbocycles. The Hall–Kier alpha value is -0.160. The van der Waals surface area contributed by atoms with Gasteiger partial charge in [-0.15, -0.1) is 0 Å². The minimum Gasteiger partial charge on any atom is -0.230 e. The van der Waals surface area contributed by atoms with Gasteiger partial charge in [-0.1, -0.05) is 13.8 Å². The fourth-order valence-electron chi connectivity index (χ4n) is 2.08. The van der Waals surface area contributed by atoms with Crippen molar-refractivity contribution < 1.29 is 0 Å². The summed E-state index contributed by atoms with van der Waals surface area (Å²) in [4.78, 5) is 0. The number of rotatable bonds is 0. The summed E-state index contributed by atoms with van der Waals surface area (Å²) < 4.78 is 0. The Balaban J connectivity index is 3.11. The van der Waals surface area contributed by atoms with Crippen molar-refractivity contribution in [2.75, 3.05) is 34.7 Å². The van der Waals surface area contributed by atoms with Crippen LogP contribution in [0.4, 0.5) is 0 Å². The first kappa shape index (κ1) is 12.9. The molecular formula is C11H26N4. The van der Waals surface area contributed by atoms with Gasteiger partial charge in [-0.2, -0.15) is 10.2 Å². The van der Waals surface area contributed by atoms with Crippen LogP contribution < -0.4 is 0 Å². The van der Waals surface area contributed by atoms with Gasteiger partial charge in [0.05, 0.1) is 0 Å². The van der Waals surface area contributed by atoms with Crippen LogP contribution in [0.25, 0.3) is 0 Å². The average Bonchev–Trinajstić information content (AvgIpc) is 2.14. The molecular weight excluding hydrogens is 188 g/mol. The zero-order valence-electron chi connectivity index (χ0n) is 11.5. The first-order valence-corrected chi connectivity index (χ1v) is 5.53. The number of nitrogens with zero attached hydrogens (tertiary/aromatic N) is 4. The second-order valence-corrected chi connectivity index (χ2v) is 5.76. The summed E-state index contributed by atoms with van der Waals surface area (Å²) in [6.45, 7) is 10.3. The Morgan fingerprint density at radius 2 is 1.27 bits per heavy atom. The maximum Gasteiger partial charge on any atom is 0.0374 e. The van der Waals surface area contributed by atoms with E-state index >= 15 is 0 Å². The molecule has 0 spiro atoms. The van der Waals surface area contributed by atoms with E-state index in [1.165, 1.54) is 0 Å². The zero-order valence-corrected chi connectivity index (χ0v) is 11.5. The first-order chi connectivity index (χ1) is 6.61. The fourth-order valence-corrected chi connectivity index (χ4v) is 2.08. The van der Waals surface area contributed by atoms with Gasteiger partial charge in [-0.25, -0.2) is 10.0 Å². The molecule has 1 aliphatic rings. The summed E-state index contributed by atoms with van der Waals surface area (Å²) in [5, 5.41) is 8.87. The molecule has 1 rings (SSSR count). The normalized spacial score (nSPS) is 30.4. The van der Waals surface area contributed by atoms with Crippen molar-refractivity contribution in [2.24, 2.45) is 5.41 Å². The molecule has 90 valence electrons. The summed E-state index contributed by atoms with van der Waals surface area (Å²) in [6.07, 6.45) is 0. The lowest BCUT2D eigenvalue weighted by molar-refractivity contribution is -0.240. The molecule has 1 fully saturated rings. The molecule has 0 atom stereocenters. The van der Waals surface area contributed by atoms with Gasteiger partial charge in [0.15, 0.2) is 0 Å². The fraction of sp³-hybridized carbons (Fsp3) is 1.00. The lowest BCUT2D eigenvalue weighted by Crippen LogP contribution is -2.58. The molecule has 1 aliphatic heterocycles. The van der Waals surface area contributed by atoms with Crippen molar-refractivity contribution in [3.63, 3.8) is 0 Å². The highest BCUT2D eigenvalue weighted by molar-refractivity contribution is 4.95. The highest BCUT2D eigenvalue weighted by atomic mass is 16.0. The van der Waals surface area contributed by atoms with Gasteiger partial charge in [0.1, 0.15) is 0 Å². The number of hydrogen-bond donors (Lipinski definition) is 0. The third-order valence-electron chi connectivity index (χ3n) is 4.44. The summed E-state index contributed by atoms with van der Waals surface area (Å²) in [5.41, 5.74) is 0.357. The molecule has 0 unspecified atom stereocenters. The van der Waals surface area contributed by atoms with Crippen LogP contribution in [0, 0.1) is 5.41 Å². The van der Waals surface area contributed by atoms with E-state index in [1.807, 2.05) is 0 Å². The van der Waals surface area contributed by atoms with E-state index < -0.39 is 0 Å². The molecule has 0 aromatic carbocycles. The quantitative estimate of drug-likeness (QED) is 0.602. The van der Waals surface area contributed by atoms with E-state index in [0.29, 0.717) is 0 Å². The molecule has 4 nitrogen and oxygen atoms in total. The third-order valence-corrected chi connectivity index (χ3v) is 4.44. The second kappa shape index (κ2) is 3.70. The number of hydrogen-bond acceptors (Lipinski definition) is 4. The van der Waals surface area contributed by atoms with Crippen LogP contribution in [-0.4, -0.2) is 60.5 Å². The molecule has 0 bridgehead atoms. The van der Waals surface area contributed by atoms with Crippen LogP contribution >= 0.6 is 0 Å². The van der Waals surface area contributed by atoms with Crippen LogP contribution in [0.3, 0.4) is 0 Å². The van der Waals surface area contributed by atoms with Gasteiger partial charge < -0.3 is 0 Å². The maximum atomic E-state index is 2.33. The highest BCUT2D eigenvalue weighted by Gasteiger charge is 2.46. The van der Waals surface area contributed by atoms with E-state index in [9.17, 15) is 0 Å². The van der Waals surface area contributed by atoms with Gasteiger partial charge in [-0.05, 0) is 19.3 Å². The van der Waals surface area contributed by atoms with E-state index in [-0.39, 0.29) is 11.0 Å². The Morgan fingerprint density at radius 1 is 0.800 bits per heavy atom. The SMILES string of the molecule is CN1CC(C)(C)C(C)(C)N(C)N(C)N1C. The summed E-state index contributed by atoms with van der Waals surface area (Å²) in [5.74, 6) is 0. The monoisotopic (exact) mass is 214 g/mol. The summed E-state index contributed by atoms with van der Waals surface area (Å²) >= 11 is 0. The Bertz CT molecular complexity index is 237. The maximum absolute atomic E-state index is 2.33. The number of hydrazine groups is 3. The Labute approximate surface area is 94.3 Å². The molecule has 4 heteroatoms. The molecule has 0 aliphatic carbocycles. The minimum absolute atomic E-state index is 0.126. The Kier molecular flexibility index (Phi) is 3.18. The van der Waals surface area contributed by atoms with Crippen LogP contribution in [0.5, 0.6) is 0 Å². The second-order valence-electron chi connectivity index (χ2n) is 5.76. The minimum atomic E-state index is 0.126. The first-order valence-electron chi connectivity index (χ1n) is 5.53. The molecule has 0 aromatic rings. The van der Waals surface area contributed by atoms with Gasteiger partial charge in [0, 0.05) is 40.3 Å². The van der Waals surface area contributed by atoms with Gasteiger partial charge >= 0.3 is 0 Å². The summed E-state index contributed by atoms with van der Waals surface area (Å²) in [6, 6.07) is 0. The van der Waals surface area contributed by atoms with Crippen LogP contribution in [0.15, 0.2) is 0 Å². The van der Waals surface area contributed by atoms with Crippen molar-refractivity contribution >= 4 is 0 Å². The van der Waals surface area contributed by atoms with Crippen molar-refractivity contribution in [1.82, 2.24) is 20.3 Å². The zero-order chi connectivity index (χ0) is 12.0. The van der Waals surface area contributed by atoms with Crippen LogP contribution in [-0.2, 0) is 0 Å². The van der Waals surface area contributed by atoms with Gasteiger partial charge in [-0.3, -0.25) is 0 Å². The molecule has 0 aromatic heterocycles. The average molecular weight is 214 g/mol. The van der Waals surface area contributed by atoms with Crippen molar-refractivity contribution in [1.29, 1.82) is 0 Å². The molecule has 1 heterocycles. The molecule has 0 N–H and O–H groups in total. The van der Waals surface area contributed by atoms with Crippen LogP contribution in [0.2, 0.25) is 0 Å². The molecule has 1 saturated heterocycles. The summed E-state index contributed by atoms with van der Waals surface area (Å²) in [7, 11) is 8.47. The molecule has 0 amide bonds. The van der Waals surface area contributed by atoms with Crippen LogP contribution in [0.1, 0.15) is 27.7 Å². The van der Waals surface area contributed by atoms with Crippen molar-refractivity contribution in [2.45, 2.75) is 33.2 Å². The van der Waals surface area contributed by atoms with Crippen molar-refractivity contribution in [3.05, 3.63) is 0 Å². The van der Waals surface area contributed by atoms with E-state index in [4.69, 9.17) is 0 Å². The predicted molar refractivity (Wildman–Crippen MR) is 63.8 cm³/mol. The van der Waals surface area contributed by atoms with Crippen molar-refractivity contribution in [3.8, 4) is 0 Å². The Morgan fingerprint density at radius 3 is 1.73 bits per heavy atom. The van der Waals surface area contributed by atoms with E-state index in [1.54, 1.807) is 0 Å². The largest absolute Gasteiger partial charge is 0.230 e. The molecule has 15 heavy (non-hydrogen) atoms. The lowest BCUT2D eigenvalue weighted by atomic mass is 9.74. The lowest BCUT2D eigenvalue weighted by Gasteiger charge is -2.47. The van der Waals surface area contributed by atoms with E-state index in [2.05, 4.69) is 76.1 Å². The standard InChI is InChI=1S/C11H26N4/c1-10(2)9-12(5)14(7)15(8)13(6)11(10,3)4/h9H2,1-8H3. The molecule has 0 radical (unpaired) electrons. The van der Waals surface area contributed by atoms with Gasteiger partial charge in [0.25, 0.3) is 0 Å². The highest BCUT2D eigenvalue weighted by Crippen LogP contribution is 2.38. The smallest absolute Gasteiger partial charge is 0.0374 e. The topological polar surface area (TPSA) is 13.0 Å². The van der Waals surface area contributed by atoms with E-state index in [0.717, 1.165) is 6.54 Å². The predicted octanol–water partition coefficient (Wildman–Crippen LogP) is 1.28.